The van der Waals surface area contributed by atoms with E-state index in [-0.39, 0.29) is 11.5 Å². The molecule has 4 N–H and O–H groups in total. The van der Waals surface area contributed by atoms with Crippen LogP contribution in [0.1, 0.15) is 26.1 Å². The summed E-state index contributed by atoms with van der Waals surface area (Å²) in [5.74, 6) is -0.943. The third-order valence-electron chi connectivity index (χ3n) is 4.38. The van der Waals surface area contributed by atoms with E-state index in [4.69, 9.17) is 9.47 Å². The van der Waals surface area contributed by atoms with Crippen LogP contribution >= 0.6 is 11.8 Å². The Morgan fingerprint density at radius 3 is 2.56 bits per heavy atom. The van der Waals surface area contributed by atoms with Gasteiger partial charge in [-0.05, 0) is 6.42 Å². The number of aromatic nitrogens is 4. The molecule has 0 amide bonds. The van der Waals surface area contributed by atoms with Gasteiger partial charge in [-0.3, -0.25) is 4.57 Å². The predicted molar refractivity (Wildman–Crippen MR) is 96.4 cm³/mol. The molecule has 0 aliphatic carbocycles. The standard InChI is InChI=1S/C16H24N4O6S/c1-4-6-27-15-18-13-10(14(19-15)25-3)17-9(5-2)20(13)16(24)12(23)11(22)8(7-21)26-16/h8,11-12,21-24H,4-7H2,1-3H3/t8-,11-,12-,16?/m1/s1. The van der Waals surface area contributed by atoms with Crippen LogP contribution in [0.25, 0.3) is 11.2 Å². The Labute approximate surface area is 160 Å². The van der Waals surface area contributed by atoms with E-state index in [1.54, 1.807) is 0 Å². The molecule has 4 atom stereocenters. The topological polar surface area (TPSA) is 143 Å². The molecule has 11 heteroatoms. The number of ether oxygens (including phenoxy) is 2. The normalized spacial score (nSPS) is 28.2. The minimum Gasteiger partial charge on any atom is -0.479 e. The molecule has 1 saturated heterocycles. The monoisotopic (exact) mass is 400 g/mol. The molecular formula is C16H24N4O6S. The Hall–Kier alpha value is -1.50. The summed E-state index contributed by atoms with van der Waals surface area (Å²) in [5, 5.41) is 41.5. The Balaban J connectivity index is 2.22. The second kappa shape index (κ2) is 7.86. The van der Waals surface area contributed by atoms with E-state index in [1.807, 2.05) is 13.8 Å². The zero-order valence-corrected chi connectivity index (χ0v) is 16.2. The first-order chi connectivity index (χ1) is 12.9. The van der Waals surface area contributed by atoms with Gasteiger partial charge in [0.05, 0.1) is 13.7 Å². The number of nitrogens with zero attached hydrogens (tertiary/aromatic N) is 4. The molecule has 0 saturated carbocycles. The first-order valence-electron chi connectivity index (χ1n) is 8.75. The molecule has 3 rings (SSSR count). The lowest BCUT2D eigenvalue weighted by Crippen LogP contribution is -2.46. The molecule has 0 aromatic carbocycles. The fraction of sp³-hybridized carbons (Fsp3) is 0.688. The summed E-state index contributed by atoms with van der Waals surface area (Å²) in [6.07, 6.45) is -3.02. The summed E-state index contributed by atoms with van der Waals surface area (Å²) >= 11 is 1.42. The number of fused-ring (bicyclic) bond motifs is 1. The average Bonchev–Trinajstić information content (AvgIpc) is 3.16. The van der Waals surface area contributed by atoms with Crippen molar-refractivity contribution in [1.29, 1.82) is 0 Å². The second-order valence-electron chi connectivity index (χ2n) is 6.19. The van der Waals surface area contributed by atoms with Crippen molar-refractivity contribution in [3.8, 4) is 5.88 Å². The van der Waals surface area contributed by atoms with Crippen molar-refractivity contribution in [2.45, 2.75) is 56.1 Å². The molecule has 0 radical (unpaired) electrons. The summed E-state index contributed by atoms with van der Waals surface area (Å²) < 4.78 is 12.0. The first-order valence-corrected chi connectivity index (χ1v) is 9.73. The number of aliphatic hydroxyl groups is 4. The maximum Gasteiger partial charge on any atom is 0.286 e. The van der Waals surface area contributed by atoms with Gasteiger partial charge in [-0.15, -0.1) is 0 Å². The maximum atomic E-state index is 11.1. The molecule has 1 unspecified atom stereocenters. The summed E-state index contributed by atoms with van der Waals surface area (Å²) in [5.41, 5.74) is 0.519. The van der Waals surface area contributed by atoms with E-state index in [0.29, 0.717) is 22.9 Å². The fourth-order valence-corrected chi connectivity index (χ4v) is 3.74. The summed E-state index contributed by atoms with van der Waals surface area (Å²) in [6, 6.07) is 0. The van der Waals surface area contributed by atoms with Crippen molar-refractivity contribution in [2.24, 2.45) is 0 Å². The highest BCUT2D eigenvalue weighted by atomic mass is 32.2. The lowest BCUT2D eigenvalue weighted by Gasteiger charge is -2.29. The number of aryl methyl sites for hydroxylation is 1. The molecule has 10 nitrogen and oxygen atoms in total. The second-order valence-corrected chi connectivity index (χ2v) is 7.25. The highest BCUT2D eigenvalue weighted by Gasteiger charge is 2.56. The van der Waals surface area contributed by atoms with Crippen molar-refractivity contribution in [2.75, 3.05) is 19.5 Å². The summed E-state index contributed by atoms with van der Waals surface area (Å²) in [7, 11) is 1.46. The van der Waals surface area contributed by atoms with Crippen LogP contribution in [0.15, 0.2) is 5.16 Å². The zero-order chi connectivity index (χ0) is 19.8. The predicted octanol–water partition coefficient (Wildman–Crippen LogP) is -0.385. The third-order valence-corrected chi connectivity index (χ3v) is 5.44. The van der Waals surface area contributed by atoms with Crippen LogP contribution in [0.5, 0.6) is 5.88 Å². The number of methoxy groups -OCH3 is 1. The van der Waals surface area contributed by atoms with Crippen LogP contribution in [0.2, 0.25) is 0 Å². The minimum absolute atomic E-state index is 0.213. The van der Waals surface area contributed by atoms with Gasteiger partial charge in [-0.25, -0.2) is 9.97 Å². The molecular weight excluding hydrogens is 376 g/mol. The SMILES string of the molecule is CCCSc1nc(OC)c2nc(CC)n(C3(O)O[C@H](CO)[C@@H](O)[C@H]3O)c2n1. The van der Waals surface area contributed by atoms with Crippen molar-refractivity contribution in [3.63, 3.8) is 0 Å². The zero-order valence-electron chi connectivity index (χ0n) is 15.4. The van der Waals surface area contributed by atoms with Gasteiger partial charge in [0.25, 0.3) is 5.91 Å². The number of imidazole rings is 1. The van der Waals surface area contributed by atoms with Gasteiger partial charge in [0.15, 0.2) is 22.4 Å². The lowest BCUT2D eigenvalue weighted by molar-refractivity contribution is -0.288. The molecule has 1 fully saturated rings. The van der Waals surface area contributed by atoms with Crippen molar-refractivity contribution in [1.82, 2.24) is 19.5 Å². The lowest BCUT2D eigenvalue weighted by atomic mass is 10.1. The Kier molecular flexibility index (Phi) is 5.89. The van der Waals surface area contributed by atoms with Gasteiger partial charge in [0.2, 0.25) is 5.88 Å². The van der Waals surface area contributed by atoms with Crippen molar-refractivity contribution >= 4 is 22.9 Å². The largest absolute Gasteiger partial charge is 0.479 e. The number of hydrogen-bond acceptors (Lipinski definition) is 10. The van der Waals surface area contributed by atoms with Crippen molar-refractivity contribution < 1.29 is 29.9 Å². The van der Waals surface area contributed by atoms with Crippen LogP contribution in [0.4, 0.5) is 0 Å². The van der Waals surface area contributed by atoms with E-state index in [9.17, 15) is 20.4 Å². The fourth-order valence-electron chi connectivity index (χ4n) is 3.05. The Bertz CT molecular complexity index is 818. The van der Waals surface area contributed by atoms with E-state index in [1.165, 1.54) is 23.4 Å². The van der Waals surface area contributed by atoms with Gasteiger partial charge >= 0.3 is 0 Å². The summed E-state index contributed by atoms with van der Waals surface area (Å²) in [4.78, 5) is 13.2. The molecule has 0 spiro atoms. The smallest absolute Gasteiger partial charge is 0.286 e. The van der Waals surface area contributed by atoms with Gasteiger partial charge in [0, 0.05) is 12.2 Å². The molecule has 2 aromatic rings. The quantitative estimate of drug-likeness (QED) is 0.358. The first kappa shape index (κ1) is 20.2. The maximum absolute atomic E-state index is 11.1. The molecule has 0 bridgehead atoms. The number of rotatable bonds is 7. The number of hydrogen-bond donors (Lipinski definition) is 4. The van der Waals surface area contributed by atoms with Crippen molar-refractivity contribution in [3.05, 3.63) is 5.82 Å². The number of thioether (sulfide) groups is 1. The highest BCUT2D eigenvalue weighted by molar-refractivity contribution is 7.99. The Morgan fingerprint density at radius 1 is 1.26 bits per heavy atom. The van der Waals surface area contributed by atoms with Crippen LogP contribution < -0.4 is 4.74 Å². The number of aliphatic hydroxyl groups excluding tert-OH is 3. The van der Waals surface area contributed by atoms with Gasteiger partial charge in [-0.2, -0.15) is 4.98 Å². The molecule has 3 heterocycles. The van der Waals surface area contributed by atoms with Crippen LogP contribution in [-0.2, 0) is 17.1 Å². The van der Waals surface area contributed by atoms with Gasteiger partial charge in [0.1, 0.15) is 18.0 Å². The molecule has 1 aliphatic rings. The Morgan fingerprint density at radius 2 is 2.00 bits per heavy atom. The van der Waals surface area contributed by atoms with Gasteiger partial charge < -0.3 is 29.9 Å². The molecule has 2 aromatic heterocycles. The third kappa shape index (κ3) is 3.28. The van der Waals surface area contributed by atoms with E-state index >= 15 is 0 Å². The molecule has 1 aliphatic heterocycles. The van der Waals surface area contributed by atoms with Gasteiger partial charge in [-0.1, -0.05) is 25.6 Å². The minimum atomic E-state index is -2.33. The average molecular weight is 400 g/mol. The van der Waals surface area contributed by atoms with Crippen LogP contribution in [0.3, 0.4) is 0 Å². The molecule has 27 heavy (non-hydrogen) atoms. The van der Waals surface area contributed by atoms with E-state index in [0.717, 1.165) is 12.2 Å². The molecule has 150 valence electrons. The van der Waals surface area contributed by atoms with E-state index < -0.39 is 30.8 Å². The van der Waals surface area contributed by atoms with Crippen LogP contribution in [-0.4, -0.2) is 77.7 Å². The highest BCUT2D eigenvalue weighted by Crippen LogP contribution is 2.38. The van der Waals surface area contributed by atoms with Crippen LogP contribution in [0, 0.1) is 0 Å². The summed E-state index contributed by atoms with van der Waals surface area (Å²) in [6.45, 7) is 3.28. The van der Waals surface area contributed by atoms with E-state index in [2.05, 4.69) is 15.0 Å².